The van der Waals surface area contributed by atoms with Gasteiger partial charge in [-0.2, -0.15) is 0 Å². The Morgan fingerprint density at radius 1 is 1.14 bits per heavy atom. The van der Waals surface area contributed by atoms with Crippen LogP contribution in [0.4, 0.5) is 5.69 Å². The van der Waals surface area contributed by atoms with E-state index in [1.165, 1.54) is 6.92 Å². The van der Waals surface area contributed by atoms with Crippen molar-refractivity contribution in [1.82, 2.24) is 0 Å². The van der Waals surface area contributed by atoms with Gasteiger partial charge in [0.15, 0.2) is 0 Å². The SMILES string of the molecule is CCOC(=O)CN(c1ccccc1OCC)S(=O)(=O)CC. The average molecular weight is 315 g/mol. The number of esters is 1. The van der Waals surface area contributed by atoms with E-state index in [-0.39, 0.29) is 18.9 Å². The summed E-state index contributed by atoms with van der Waals surface area (Å²) in [5, 5.41) is 0. The van der Waals surface area contributed by atoms with E-state index >= 15 is 0 Å². The molecule has 0 bridgehead atoms. The average Bonchev–Trinajstić information content (AvgIpc) is 2.46. The number of hydrogen-bond acceptors (Lipinski definition) is 5. The zero-order valence-electron chi connectivity index (χ0n) is 12.5. The molecule has 0 aliphatic heterocycles. The van der Waals surface area contributed by atoms with Crippen LogP contribution in [-0.4, -0.2) is 39.9 Å². The lowest BCUT2D eigenvalue weighted by atomic mass is 10.3. The van der Waals surface area contributed by atoms with Gasteiger partial charge in [0.25, 0.3) is 0 Å². The molecule has 7 heteroatoms. The highest BCUT2D eigenvalue weighted by Crippen LogP contribution is 2.30. The first-order chi connectivity index (χ1) is 9.96. The summed E-state index contributed by atoms with van der Waals surface area (Å²) in [5.41, 5.74) is 0.342. The van der Waals surface area contributed by atoms with Crippen molar-refractivity contribution < 1.29 is 22.7 Å². The third-order valence-corrected chi connectivity index (χ3v) is 4.44. The molecule has 0 amide bonds. The van der Waals surface area contributed by atoms with Gasteiger partial charge in [-0.05, 0) is 32.9 Å². The molecule has 1 aromatic rings. The number of anilines is 1. The predicted octanol–water partition coefficient (Wildman–Crippen LogP) is 1.80. The Balaban J connectivity index is 3.21. The Labute approximate surface area is 125 Å². The zero-order chi connectivity index (χ0) is 15.9. The molecule has 0 unspecified atom stereocenters. The highest BCUT2D eigenvalue weighted by atomic mass is 32.2. The van der Waals surface area contributed by atoms with Gasteiger partial charge in [-0.1, -0.05) is 12.1 Å². The number of rotatable bonds is 8. The second-order valence-corrected chi connectivity index (χ2v) is 6.29. The second kappa shape index (κ2) is 7.87. The molecular weight excluding hydrogens is 294 g/mol. The molecule has 0 atom stereocenters. The van der Waals surface area contributed by atoms with Crippen LogP contribution in [0.1, 0.15) is 20.8 Å². The number of para-hydroxylation sites is 2. The molecule has 0 heterocycles. The predicted molar refractivity (Wildman–Crippen MR) is 81.1 cm³/mol. The summed E-state index contributed by atoms with van der Waals surface area (Å²) in [5.74, 6) is -0.297. The van der Waals surface area contributed by atoms with Crippen LogP contribution in [0.5, 0.6) is 5.75 Å². The highest BCUT2D eigenvalue weighted by molar-refractivity contribution is 7.92. The van der Waals surface area contributed by atoms with Crippen LogP contribution >= 0.6 is 0 Å². The molecule has 118 valence electrons. The Morgan fingerprint density at radius 2 is 1.81 bits per heavy atom. The van der Waals surface area contributed by atoms with Gasteiger partial charge < -0.3 is 9.47 Å². The van der Waals surface area contributed by atoms with Gasteiger partial charge in [-0.3, -0.25) is 9.10 Å². The fourth-order valence-corrected chi connectivity index (χ4v) is 2.82. The molecule has 6 nitrogen and oxygen atoms in total. The van der Waals surface area contributed by atoms with E-state index in [9.17, 15) is 13.2 Å². The van der Waals surface area contributed by atoms with Crippen LogP contribution in [0.25, 0.3) is 0 Å². The van der Waals surface area contributed by atoms with Gasteiger partial charge >= 0.3 is 5.97 Å². The summed E-state index contributed by atoms with van der Waals surface area (Å²) in [6.45, 7) is 5.23. The third kappa shape index (κ3) is 4.63. The quantitative estimate of drug-likeness (QED) is 0.684. The maximum absolute atomic E-state index is 12.3. The molecule has 0 aromatic heterocycles. The molecule has 0 saturated heterocycles. The van der Waals surface area contributed by atoms with Gasteiger partial charge in [0.05, 0.1) is 24.7 Å². The minimum absolute atomic E-state index is 0.118. The maximum Gasteiger partial charge on any atom is 0.326 e. The number of nitrogens with zero attached hydrogens (tertiary/aromatic N) is 1. The molecule has 21 heavy (non-hydrogen) atoms. The second-order valence-electron chi connectivity index (χ2n) is 4.11. The summed E-state index contributed by atoms with van der Waals surface area (Å²) in [6.07, 6.45) is 0. The van der Waals surface area contributed by atoms with Crippen LogP contribution in [-0.2, 0) is 19.6 Å². The summed E-state index contributed by atoms with van der Waals surface area (Å²) < 4.78 is 35.8. The highest BCUT2D eigenvalue weighted by Gasteiger charge is 2.26. The summed E-state index contributed by atoms with van der Waals surface area (Å²) in [6, 6.07) is 6.72. The summed E-state index contributed by atoms with van der Waals surface area (Å²) in [7, 11) is -3.62. The molecule has 1 rings (SSSR count). The Bertz CT molecular complexity index is 570. The van der Waals surface area contributed by atoms with Gasteiger partial charge in [0.1, 0.15) is 12.3 Å². The lowest BCUT2D eigenvalue weighted by molar-refractivity contribution is -0.141. The van der Waals surface area contributed by atoms with E-state index < -0.39 is 16.0 Å². The Hall–Kier alpha value is -1.76. The van der Waals surface area contributed by atoms with Gasteiger partial charge in [0.2, 0.25) is 10.0 Å². The fourth-order valence-electron chi connectivity index (χ4n) is 1.75. The molecule has 0 fully saturated rings. The van der Waals surface area contributed by atoms with Crippen LogP contribution in [0, 0.1) is 0 Å². The normalized spacial score (nSPS) is 11.0. The Kier molecular flexibility index (Phi) is 6.48. The molecule has 0 aliphatic rings. The molecule has 0 spiro atoms. The number of ether oxygens (including phenoxy) is 2. The lowest BCUT2D eigenvalue weighted by Gasteiger charge is -2.24. The first-order valence-electron chi connectivity index (χ1n) is 6.84. The Morgan fingerprint density at radius 3 is 2.38 bits per heavy atom. The smallest absolute Gasteiger partial charge is 0.326 e. The van der Waals surface area contributed by atoms with E-state index in [1.54, 1.807) is 38.1 Å². The molecular formula is C14H21NO5S. The number of carbonyl (C=O) groups is 1. The minimum Gasteiger partial charge on any atom is -0.492 e. The molecule has 0 saturated carbocycles. The number of benzene rings is 1. The maximum atomic E-state index is 12.3. The third-order valence-electron chi connectivity index (χ3n) is 2.71. The largest absolute Gasteiger partial charge is 0.492 e. The van der Waals surface area contributed by atoms with Crippen molar-refractivity contribution in [2.45, 2.75) is 20.8 Å². The fraction of sp³-hybridized carbons (Fsp3) is 0.500. The van der Waals surface area contributed by atoms with Crippen molar-refractivity contribution in [3.63, 3.8) is 0 Å². The minimum atomic E-state index is -3.62. The van der Waals surface area contributed by atoms with Crippen molar-refractivity contribution in [2.24, 2.45) is 0 Å². The van der Waals surface area contributed by atoms with Crippen LogP contribution in [0.3, 0.4) is 0 Å². The molecule has 1 aromatic carbocycles. The van der Waals surface area contributed by atoms with E-state index in [2.05, 4.69) is 0 Å². The number of hydrogen-bond donors (Lipinski definition) is 0. The van der Waals surface area contributed by atoms with Crippen molar-refractivity contribution in [2.75, 3.05) is 29.8 Å². The first-order valence-corrected chi connectivity index (χ1v) is 8.45. The van der Waals surface area contributed by atoms with Crippen LogP contribution in [0.15, 0.2) is 24.3 Å². The van der Waals surface area contributed by atoms with E-state index in [0.717, 1.165) is 4.31 Å². The molecule has 0 radical (unpaired) electrons. The topological polar surface area (TPSA) is 72.9 Å². The lowest BCUT2D eigenvalue weighted by Crippen LogP contribution is -2.37. The van der Waals surface area contributed by atoms with E-state index in [1.807, 2.05) is 0 Å². The van der Waals surface area contributed by atoms with Crippen molar-refractivity contribution in [3.8, 4) is 5.75 Å². The first kappa shape index (κ1) is 17.3. The number of carbonyl (C=O) groups excluding carboxylic acids is 1. The van der Waals surface area contributed by atoms with Crippen LogP contribution < -0.4 is 9.04 Å². The van der Waals surface area contributed by atoms with Gasteiger partial charge in [-0.15, -0.1) is 0 Å². The van der Waals surface area contributed by atoms with Crippen molar-refractivity contribution >= 4 is 21.7 Å². The summed E-state index contributed by atoms with van der Waals surface area (Å²) in [4.78, 5) is 11.7. The van der Waals surface area contributed by atoms with Crippen molar-refractivity contribution in [3.05, 3.63) is 24.3 Å². The van der Waals surface area contributed by atoms with E-state index in [4.69, 9.17) is 9.47 Å². The zero-order valence-corrected chi connectivity index (χ0v) is 13.4. The van der Waals surface area contributed by atoms with Crippen LogP contribution in [0.2, 0.25) is 0 Å². The monoisotopic (exact) mass is 315 g/mol. The standard InChI is InChI=1S/C14H21NO5S/c1-4-19-13-10-8-7-9-12(13)15(21(17,18)6-3)11-14(16)20-5-2/h7-10H,4-6,11H2,1-3H3. The number of sulfonamides is 1. The van der Waals surface area contributed by atoms with Crippen molar-refractivity contribution in [1.29, 1.82) is 0 Å². The van der Waals surface area contributed by atoms with Gasteiger partial charge in [0, 0.05) is 0 Å². The molecule has 0 aliphatic carbocycles. The van der Waals surface area contributed by atoms with E-state index in [0.29, 0.717) is 18.0 Å². The summed E-state index contributed by atoms with van der Waals surface area (Å²) >= 11 is 0. The molecule has 0 N–H and O–H groups in total. The van der Waals surface area contributed by atoms with Gasteiger partial charge in [-0.25, -0.2) is 8.42 Å².